The number of para-hydroxylation sites is 2. The Morgan fingerprint density at radius 1 is 0.767 bits per heavy atom. The number of likely N-dealkylation sites (N-methyl/N-ethyl adjacent to an activating group) is 1. The van der Waals surface area contributed by atoms with Gasteiger partial charge in [-0.2, -0.15) is 0 Å². The van der Waals surface area contributed by atoms with Crippen LogP contribution < -0.4 is 32.3 Å². The summed E-state index contributed by atoms with van der Waals surface area (Å²) >= 11 is 0. The zero-order valence-corrected chi connectivity index (χ0v) is 35.3. The van der Waals surface area contributed by atoms with Crippen molar-refractivity contribution in [3.05, 3.63) is 102 Å². The van der Waals surface area contributed by atoms with Gasteiger partial charge in [-0.3, -0.25) is 19.2 Å². The minimum atomic E-state index is -1.09. The number of hydrogen-bond acceptors (Lipinski definition) is 7. The maximum atomic E-state index is 14.0. The van der Waals surface area contributed by atoms with E-state index in [0.29, 0.717) is 44.3 Å². The number of carbonyl (C=O) groups excluding carboxylic acids is 6. The number of nitrogens with one attached hydrogen (secondary N) is 6. The normalized spacial score (nSPS) is 12.7. The number of aryl methyl sites for hydroxylation is 1. The lowest BCUT2D eigenvalue weighted by molar-refractivity contribution is -0.137. The number of benzene rings is 3. The fourth-order valence-electron chi connectivity index (χ4n) is 6.63. The van der Waals surface area contributed by atoms with E-state index in [1.165, 1.54) is 4.90 Å². The van der Waals surface area contributed by atoms with Gasteiger partial charge in [0.1, 0.15) is 23.7 Å². The number of aromatic nitrogens is 1. The topological polar surface area (TPSA) is 217 Å². The van der Waals surface area contributed by atoms with Crippen LogP contribution in [0, 0.1) is 6.92 Å². The molecule has 0 aliphatic heterocycles. The molecule has 0 saturated carbocycles. The molecule has 4 rings (SSSR count). The fraction of sp³-hybridized carbons (Fsp3) is 0.422. The van der Waals surface area contributed by atoms with E-state index in [2.05, 4.69) is 31.6 Å². The molecule has 7 amide bonds. The summed E-state index contributed by atoms with van der Waals surface area (Å²) in [4.78, 5) is 83.1. The summed E-state index contributed by atoms with van der Waals surface area (Å²) in [6.07, 6.45) is 3.68. The van der Waals surface area contributed by atoms with Crippen LogP contribution in [0.3, 0.4) is 0 Å². The number of urea groups is 1. The van der Waals surface area contributed by atoms with E-state index in [1.807, 2.05) is 85.8 Å². The first-order valence-electron chi connectivity index (χ1n) is 20.4. The quantitative estimate of drug-likeness (QED) is 0.0555. The summed E-state index contributed by atoms with van der Waals surface area (Å²) < 4.78 is 5.48. The van der Waals surface area contributed by atoms with Crippen LogP contribution in [0.5, 0.6) is 0 Å². The highest BCUT2D eigenvalue weighted by molar-refractivity contribution is 5.93. The third-order valence-corrected chi connectivity index (χ3v) is 9.92. The molecular formula is C45H60N8O7. The van der Waals surface area contributed by atoms with Crippen molar-refractivity contribution < 1.29 is 33.5 Å². The van der Waals surface area contributed by atoms with Gasteiger partial charge in [0.2, 0.25) is 23.6 Å². The molecule has 1 heterocycles. The Kier molecular flexibility index (Phi) is 17.5. The van der Waals surface area contributed by atoms with Crippen molar-refractivity contribution in [2.24, 2.45) is 5.73 Å². The molecule has 0 fully saturated rings. The number of primary amides is 1. The van der Waals surface area contributed by atoms with Crippen LogP contribution in [0.1, 0.15) is 76.0 Å². The molecule has 15 heteroatoms. The summed E-state index contributed by atoms with van der Waals surface area (Å²) in [6, 6.07) is 21.1. The van der Waals surface area contributed by atoms with Gasteiger partial charge in [0, 0.05) is 62.2 Å². The summed E-state index contributed by atoms with van der Waals surface area (Å²) in [7, 11) is 1.56. The van der Waals surface area contributed by atoms with Gasteiger partial charge < -0.3 is 46.9 Å². The summed E-state index contributed by atoms with van der Waals surface area (Å²) in [5, 5.41) is 15.0. The molecule has 15 nitrogen and oxygen atoms in total. The molecule has 4 aromatic rings. The maximum absolute atomic E-state index is 14.0. The van der Waals surface area contributed by atoms with E-state index in [4.69, 9.17) is 10.5 Å². The largest absolute Gasteiger partial charge is 0.444 e. The first-order valence-corrected chi connectivity index (χ1v) is 20.4. The van der Waals surface area contributed by atoms with Crippen molar-refractivity contribution in [1.29, 1.82) is 0 Å². The van der Waals surface area contributed by atoms with Crippen molar-refractivity contribution in [3.63, 3.8) is 0 Å². The van der Waals surface area contributed by atoms with E-state index in [0.717, 1.165) is 27.6 Å². The summed E-state index contributed by atoms with van der Waals surface area (Å²) in [6.45, 7) is 7.62. The maximum Gasteiger partial charge on any atom is 0.408 e. The van der Waals surface area contributed by atoms with Gasteiger partial charge in [0.05, 0.1) is 0 Å². The Morgan fingerprint density at radius 2 is 1.43 bits per heavy atom. The molecule has 3 aromatic carbocycles. The van der Waals surface area contributed by atoms with Crippen LogP contribution >= 0.6 is 0 Å². The number of rotatable bonds is 21. The molecule has 3 atom stereocenters. The monoisotopic (exact) mass is 824 g/mol. The predicted octanol–water partition coefficient (Wildman–Crippen LogP) is 5.23. The van der Waals surface area contributed by atoms with Crippen molar-refractivity contribution in [1.82, 2.24) is 31.2 Å². The average Bonchev–Trinajstić information content (AvgIpc) is 3.61. The van der Waals surface area contributed by atoms with Gasteiger partial charge in [-0.05, 0) is 88.6 Å². The smallest absolute Gasteiger partial charge is 0.408 e. The molecule has 0 spiro atoms. The number of alkyl carbamates (subject to hydrolysis) is 1. The van der Waals surface area contributed by atoms with E-state index >= 15 is 0 Å². The molecule has 8 N–H and O–H groups in total. The molecule has 322 valence electrons. The van der Waals surface area contributed by atoms with Gasteiger partial charge in [-0.15, -0.1) is 0 Å². The highest BCUT2D eigenvalue weighted by Gasteiger charge is 2.30. The van der Waals surface area contributed by atoms with Crippen LogP contribution in [0.25, 0.3) is 10.9 Å². The van der Waals surface area contributed by atoms with Crippen molar-refractivity contribution in [2.45, 2.75) is 103 Å². The first-order chi connectivity index (χ1) is 28.6. The molecule has 0 aliphatic carbocycles. The number of unbranched alkanes of at least 4 members (excludes halogenated alkanes) is 2. The zero-order valence-electron chi connectivity index (χ0n) is 35.3. The Bertz CT molecular complexity index is 2060. The van der Waals surface area contributed by atoms with Gasteiger partial charge >= 0.3 is 12.1 Å². The van der Waals surface area contributed by atoms with Crippen molar-refractivity contribution >= 4 is 52.3 Å². The van der Waals surface area contributed by atoms with Crippen molar-refractivity contribution in [3.8, 4) is 0 Å². The third-order valence-electron chi connectivity index (χ3n) is 9.92. The second-order valence-electron chi connectivity index (χ2n) is 15.9. The van der Waals surface area contributed by atoms with Crippen LogP contribution in [-0.2, 0) is 36.8 Å². The van der Waals surface area contributed by atoms with Gasteiger partial charge in [0.25, 0.3) is 0 Å². The average molecular weight is 825 g/mol. The highest BCUT2D eigenvalue weighted by atomic mass is 16.6. The summed E-state index contributed by atoms with van der Waals surface area (Å²) in [5.41, 5.74) is 9.02. The molecule has 60 heavy (non-hydrogen) atoms. The number of nitrogens with two attached hydrogens (primary N) is 1. The second-order valence-corrected chi connectivity index (χ2v) is 15.9. The lowest BCUT2D eigenvalue weighted by atomic mass is 10.0. The number of carbonyl (C=O) groups is 6. The zero-order chi connectivity index (χ0) is 43.7. The molecule has 1 aromatic heterocycles. The third kappa shape index (κ3) is 15.1. The van der Waals surface area contributed by atoms with E-state index in [-0.39, 0.29) is 37.7 Å². The molecule has 0 radical (unpaired) electrons. The van der Waals surface area contributed by atoms with Crippen molar-refractivity contribution in [2.75, 3.05) is 25.5 Å². The van der Waals surface area contributed by atoms with Crippen LogP contribution in [0.2, 0.25) is 0 Å². The molecule has 0 aliphatic rings. The highest BCUT2D eigenvalue weighted by Crippen LogP contribution is 2.20. The fourth-order valence-corrected chi connectivity index (χ4v) is 6.63. The van der Waals surface area contributed by atoms with Gasteiger partial charge in [-0.25, -0.2) is 9.59 Å². The van der Waals surface area contributed by atoms with Gasteiger partial charge in [0.15, 0.2) is 0 Å². The molecular weight excluding hydrogens is 765 g/mol. The van der Waals surface area contributed by atoms with E-state index in [1.54, 1.807) is 34.0 Å². The Balaban J connectivity index is 1.38. The number of anilines is 1. The number of ether oxygens (including phenoxy) is 1. The molecule has 0 saturated heterocycles. The van der Waals surface area contributed by atoms with E-state index in [9.17, 15) is 28.8 Å². The Hall–Kier alpha value is -6.38. The number of H-pyrrole nitrogens is 1. The van der Waals surface area contributed by atoms with Crippen LogP contribution in [0.4, 0.5) is 15.3 Å². The lowest BCUT2D eigenvalue weighted by Gasteiger charge is -2.26. The molecule has 0 bridgehead atoms. The SMILES string of the molecule is Cc1ccccc1NC(=O)NCCCC[C@H](NC(=O)C(Cc1c[nH]c2ccccc12)NC(=O)OC(C)(C)C)C(=O)NCCCCC(=O)N(C)C(Cc1ccccc1)C(N)=O. The second kappa shape index (κ2) is 22.7. The van der Waals surface area contributed by atoms with Gasteiger partial charge in [-0.1, -0.05) is 66.7 Å². The number of nitrogens with zero attached hydrogens (tertiary/aromatic N) is 1. The van der Waals surface area contributed by atoms with Crippen LogP contribution in [0.15, 0.2) is 85.1 Å². The van der Waals surface area contributed by atoms with E-state index < -0.39 is 47.5 Å². The first kappa shape index (κ1) is 46.3. The summed E-state index contributed by atoms with van der Waals surface area (Å²) in [5.74, 6) is -1.85. The minimum absolute atomic E-state index is 0.119. The predicted molar refractivity (Wildman–Crippen MR) is 232 cm³/mol. The molecule has 2 unspecified atom stereocenters. The van der Waals surface area contributed by atoms with Crippen LogP contribution in [-0.4, -0.2) is 89.5 Å². The minimum Gasteiger partial charge on any atom is -0.444 e. The lowest BCUT2D eigenvalue weighted by Crippen LogP contribution is -2.55. The standard InChI is InChI=1S/C45H60N8O7/c1-30-17-9-11-21-34(30)51-43(58)48-26-15-13-23-36(41(56)47-25-16-14-24-39(54)53(5)38(40(46)55)27-31-18-7-6-8-19-31)50-42(57)37(52-44(59)60-45(2,3)4)28-32-29-49-35-22-12-10-20-33(32)35/h6-12,17-22,29,36-38,49H,13-16,23-28H2,1-5H3,(H2,46,55)(H,47,56)(H,50,57)(H,52,59)(H2,48,51,58)/t36-,37?,38?/m0/s1. The Morgan fingerprint density at radius 3 is 2.15 bits per heavy atom. The Labute approximate surface area is 351 Å². The number of aromatic amines is 1. The number of hydrogen-bond donors (Lipinski definition) is 7. The number of amides is 7. The number of fused-ring (bicyclic) bond motifs is 1.